The Balaban J connectivity index is 1.97. The Labute approximate surface area is 142 Å². The van der Waals surface area contributed by atoms with Gasteiger partial charge >= 0.3 is 6.09 Å². The molecule has 1 spiro atoms. The molecule has 24 heavy (non-hydrogen) atoms. The number of benzene rings is 1. The number of hydrogen-bond acceptors (Lipinski definition) is 4. The van der Waals surface area contributed by atoms with Gasteiger partial charge < -0.3 is 9.47 Å². The molecule has 2 fully saturated rings. The van der Waals surface area contributed by atoms with Gasteiger partial charge in [-0.1, -0.05) is 30.3 Å². The molecular formula is C19H25NO4. The van der Waals surface area contributed by atoms with Crippen LogP contribution in [0.2, 0.25) is 0 Å². The van der Waals surface area contributed by atoms with Crippen molar-refractivity contribution in [2.75, 3.05) is 13.2 Å². The molecule has 0 N–H and O–H groups in total. The average molecular weight is 331 g/mol. The van der Waals surface area contributed by atoms with Gasteiger partial charge in [0.05, 0.1) is 6.04 Å². The molecule has 5 heteroatoms. The third-order valence-electron chi connectivity index (χ3n) is 4.57. The van der Waals surface area contributed by atoms with Crippen molar-refractivity contribution in [3.8, 4) is 0 Å². The monoisotopic (exact) mass is 331 g/mol. The van der Waals surface area contributed by atoms with Crippen molar-refractivity contribution in [2.24, 2.45) is 0 Å². The number of likely N-dealkylation sites (tertiary alicyclic amines) is 1. The van der Waals surface area contributed by atoms with Gasteiger partial charge in [-0.25, -0.2) is 4.79 Å². The van der Waals surface area contributed by atoms with Crippen LogP contribution in [-0.4, -0.2) is 41.1 Å². The molecule has 130 valence electrons. The first kappa shape index (κ1) is 17.0. The van der Waals surface area contributed by atoms with Crippen LogP contribution in [0, 0.1) is 0 Å². The predicted octanol–water partition coefficient (Wildman–Crippen LogP) is 3.49. The number of Topliss-reactive ketones (excluding diaryl/α,β-unsaturated/α-hetero) is 1. The molecule has 3 rings (SSSR count). The molecule has 2 aliphatic heterocycles. The average Bonchev–Trinajstić information content (AvgIpc) is 2.87. The molecule has 5 nitrogen and oxygen atoms in total. The van der Waals surface area contributed by atoms with E-state index >= 15 is 0 Å². The van der Waals surface area contributed by atoms with Crippen LogP contribution in [0.5, 0.6) is 0 Å². The fourth-order valence-electron chi connectivity index (χ4n) is 3.73. The summed E-state index contributed by atoms with van der Waals surface area (Å²) in [5.74, 6) is 0.0990. The van der Waals surface area contributed by atoms with Gasteiger partial charge in [-0.15, -0.1) is 0 Å². The van der Waals surface area contributed by atoms with E-state index in [9.17, 15) is 9.59 Å². The number of amides is 1. The van der Waals surface area contributed by atoms with Crippen molar-refractivity contribution in [2.45, 2.75) is 57.3 Å². The number of ketones is 1. The first-order valence-corrected chi connectivity index (χ1v) is 8.51. The van der Waals surface area contributed by atoms with Crippen molar-refractivity contribution in [1.29, 1.82) is 0 Å². The first-order valence-electron chi connectivity index (χ1n) is 8.51. The Morgan fingerprint density at radius 3 is 2.58 bits per heavy atom. The Bertz CT molecular complexity index is 622. The predicted molar refractivity (Wildman–Crippen MR) is 89.7 cm³/mol. The maximum absolute atomic E-state index is 12.8. The first-order chi connectivity index (χ1) is 11.3. The SMILES string of the molecule is CC(C)(C)OC(=O)N1CCC[C@@]2(CC(=O)CO2)C1c1ccccc1. The molecule has 2 saturated heterocycles. The van der Waals surface area contributed by atoms with Gasteiger partial charge in [0, 0.05) is 13.0 Å². The lowest BCUT2D eigenvalue weighted by atomic mass is 9.78. The topological polar surface area (TPSA) is 55.8 Å². The fourth-order valence-corrected chi connectivity index (χ4v) is 3.73. The summed E-state index contributed by atoms with van der Waals surface area (Å²) < 4.78 is 11.6. The molecular weight excluding hydrogens is 306 g/mol. The zero-order valence-electron chi connectivity index (χ0n) is 14.6. The minimum absolute atomic E-state index is 0.0990. The maximum Gasteiger partial charge on any atom is 0.410 e. The van der Waals surface area contributed by atoms with Crippen LogP contribution >= 0.6 is 0 Å². The summed E-state index contributed by atoms with van der Waals surface area (Å²) in [6.07, 6.45) is 1.58. The molecule has 1 aromatic carbocycles. The second kappa shape index (κ2) is 6.20. The van der Waals surface area contributed by atoms with E-state index in [2.05, 4.69) is 0 Å². The van der Waals surface area contributed by atoms with E-state index in [4.69, 9.17) is 9.47 Å². The minimum Gasteiger partial charge on any atom is -0.444 e. The molecule has 0 radical (unpaired) electrons. The van der Waals surface area contributed by atoms with Crippen molar-refractivity contribution in [3.05, 3.63) is 35.9 Å². The van der Waals surface area contributed by atoms with Crippen molar-refractivity contribution >= 4 is 11.9 Å². The highest BCUT2D eigenvalue weighted by molar-refractivity contribution is 5.83. The molecule has 0 saturated carbocycles. The number of hydrogen-bond donors (Lipinski definition) is 0. The highest BCUT2D eigenvalue weighted by atomic mass is 16.6. The molecule has 1 aromatic rings. The van der Waals surface area contributed by atoms with E-state index in [1.54, 1.807) is 4.90 Å². The van der Waals surface area contributed by atoms with Crippen LogP contribution in [-0.2, 0) is 14.3 Å². The number of carbonyl (C=O) groups is 2. The lowest BCUT2D eigenvalue weighted by molar-refractivity contribution is -0.118. The van der Waals surface area contributed by atoms with Gasteiger partial charge in [0.25, 0.3) is 0 Å². The molecule has 0 bridgehead atoms. The van der Waals surface area contributed by atoms with Crippen LogP contribution in [0.3, 0.4) is 0 Å². The Kier molecular flexibility index (Phi) is 4.38. The van der Waals surface area contributed by atoms with E-state index in [-0.39, 0.29) is 24.5 Å². The lowest BCUT2D eigenvalue weighted by Gasteiger charge is -2.47. The number of ether oxygens (including phenoxy) is 2. The molecule has 1 unspecified atom stereocenters. The lowest BCUT2D eigenvalue weighted by Crippen LogP contribution is -2.53. The number of carbonyl (C=O) groups excluding carboxylic acids is 2. The number of rotatable bonds is 1. The molecule has 0 aliphatic carbocycles. The highest BCUT2D eigenvalue weighted by Gasteiger charge is 2.53. The molecule has 2 heterocycles. The largest absolute Gasteiger partial charge is 0.444 e. The molecule has 2 aliphatic rings. The van der Waals surface area contributed by atoms with E-state index in [1.165, 1.54) is 0 Å². The van der Waals surface area contributed by atoms with E-state index in [0.29, 0.717) is 13.0 Å². The molecule has 2 atom stereocenters. The zero-order chi connectivity index (χ0) is 17.4. The van der Waals surface area contributed by atoms with Crippen LogP contribution in [0.25, 0.3) is 0 Å². The summed E-state index contributed by atoms with van der Waals surface area (Å²) in [7, 11) is 0. The second-order valence-corrected chi connectivity index (χ2v) is 7.66. The van der Waals surface area contributed by atoms with E-state index < -0.39 is 11.2 Å². The smallest absolute Gasteiger partial charge is 0.410 e. The van der Waals surface area contributed by atoms with Gasteiger partial charge in [0.15, 0.2) is 5.78 Å². The van der Waals surface area contributed by atoms with Crippen LogP contribution in [0.1, 0.15) is 51.6 Å². The molecule has 0 aromatic heterocycles. The summed E-state index contributed by atoms with van der Waals surface area (Å²) in [4.78, 5) is 26.5. The minimum atomic E-state index is -0.631. The van der Waals surface area contributed by atoms with Gasteiger partial charge in [-0.3, -0.25) is 9.69 Å². The summed E-state index contributed by atoms with van der Waals surface area (Å²) in [5.41, 5.74) is -0.208. The van der Waals surface area contributed by atoms with Gasteiger partial charge in [0.2, 0.25) is 0 Å². The van der Waals surface area contributed by atoms with E-state index in [1.807, 2.05) is 51.1 Å². The summed E-state index contributed by atoms with van der Waals surface area (Å²) >= 11 is 0. The third kappa shape index (κ3) is 3.31. The Morgan fingerprint density at radius 2 is 2.00 bits per heavy atom. The summed E-state index contributed by atoms with van der Waals surface area (Å²) in [6.45, 7) is 6.31. The number of nitrogens with zero attached hydrogens (tertiary/aromatic N) is 1. The van der Waals surface area contributed by atoms with Crippen molar-refractivity contribution in [1.82, 2.24) is 4.90 Å². The summed E-state index contributed by atoms with van der Waals surface area (Å²) in [5, 5.41) is 0. The molecule has 1 amide bonds. The Morgan fingerprint density at radius 1 is 1.29 bits per heavy atom. The normalized spacial score (nSPS) is 27.5. The van der Waals surface area contributed by atoms with Crippen LogP contribution < -0.4 is 0 Å². The van der Waals surface area contributed by atoms with Crippen molar-refractivity contribution in [3.63, 3.8) is 0 Å². The highest BCUT2D eigenvalue weighted by Crippen LogP contribution is 2.47. The van der Waals surface area contributed by atoms with Gasteiger partial charge in [-0.05, 0) is 39.2 Å². The Hall–Kier alpha value is -1.88. The van der Waals surface area contributed by atoms with Gasteiger partial charge in [-0.2, -0.15) is 0 Å². The second-order valence-electron chi connectivity index (χ2n) is 7.66. The quantitative estimate of drug-likeness (QED) is 0.790. The van der Waals surface area contributed by atoms with Crippen LogP contribution in [0.15, 0.2) is 30.3 Å². The maximum atomic E-state index is 12.8. The number of piperidine rings is 1. The summed E-state index contributed by atoms with van der Waals surface area (Å²) in [6, 6.07) is 9.51. The van der Waals surface area contributed by atoms with Gasteiger partial charge in [0.1, 0.15) is 17.8 Å². The van der Waals surface area contributed by atoms with Crippen LogP contribution in [0.4, 0.5) is 4.79 Å². The van der Waals surface area contributed by atoms with E-state index in [0.717, 1.165) is 18.4 Å². The fraction of sp³-hybridized carbons (Fsp3) is 0.579. The zero-order valence-corrected chi connectivity index (χ0v) is 14.6. The third-order valence-corrected chi connectivity index (χ3v) is 4.57. The van der Waals surface area contributed by atoms with Crippen molar-refractivity contribution < 1.29 is 19.1 Å². The standard InChI is InChI=1S/C19H25NO4/c1-18(2,3)24-17(22)20-11-7-10-19(12-15(21)13-23-19)16(20)14-8-5-4-6-9-14/h4-6,8-9,16H,7,10-13H2,1-3H3/t16?,19-/m1/s1.